The summed E-state index contributed by atoms with van der Waals surface area (Å²) in [6, 6.07) is 7.35. The highest BCUT2D eigenvalue weighted by atomic mass is 16.6. The molecular weight excluding hydrogens is 244 g/mol. The minimum absolute atomic E-state index is 0.256. The average Bonchev–Trinajstić information content (AvgIpc) is 2.43. The number of carbonyl (C=O) groups excluding carboxylic acids is 1. The van der Waals surface area contributed by atoms with E-state index in [4.69, 9.17) is 15.2 Å². The standard InChI is InChI=1S/C14H22N2O3/c1-2-3-7-18-8-9-19-14(17)16-13-6-4-5-12(10-13)11-15/h4-6,10H,2-3,7-9,11,15H2,1H3,(H,16,17). The van der Waals surface area contributed by atoms with E-state index in [-0.39, 0.29) is 6.61 Å². The van der Waals surface area contributed by atoms with Crippen molar-refractivity contribution in [2.45, 2.75) is 26.3 Å². The summed E-state index contributed by atoms with van der Waals surface area (Å²) in [5.74, 6) is 0. The molecule has 0 spiro atoms. The third kappa shape index (κ3) is 6.79. The zero-order chi connectivity index (χ0) is 13.9. The van der Waals surface area contributed by atoms with E-state index in [0.29, 0.717) is 25.4 Å². The molecule has 0 saturated heterocycles. The summed E-state index contributed by atoms with van der Waals surface area (Å²) in [4.78, 5) is 11.5. The highest BCUT2D eigenvalue weighted by Gasteiger charge is 2.03. The molecule has 0 aliphatic carbocycles. The number of ether oxygens (including phenoxy) is 2. The van der Waals surface area contributed by atoms with Crippen LogP contribution < -0.4 is 11.1 Å². The molecule has 0 saturated carbocycles. The average molecular weight is 266 g/mol. The van der Waals surface area contributed by atoms with Gasteiger partial charge in [-0.3, -0.25) is 5.32 Å². The van der Waals surface area contributed by atoms with Crippen LogP contribution >= 0.6 is 0 Å². The summed E-state index contributed by atoms with van der Waals surface area (Å²) in [6.07, 6.45) is 1.64. The number of hydrogen-bond acceptors (Lipinski definition) is 4. The first-order valence-corrected chi connectivity index (χ1v) is 6.56. The van der Waals surface area contributed by atoms with Crippen molar-refractivity contribution in [2.75, 3.05) is 25.1 Å². The van der Waals surface area contributed by atoms with Gasteiger partial charge >= 0.3 is 6.09 Å². The summed E-state index contributed by atoms with van der Waals surface area (Å²) < 4.78 is 10.3. The number of benzene rings is 1. The molecule has 1 aromatic carbocycles. The molecule has 1 amide bonds. The molecule has 0 aliphatic heterocycles. The number of hydrogen-bond donors (Lipinski definition) is 2. The molecule has 0 heterocycles. The number of anilines is 1. The molecule has 3 N–H and O–H groups in total. The number of nitrogens with two attached hydrogens (primary N) is 1. The lowest BCUT2D eigenvalue weighted by Gasteiger charge is -2.08. The maximum Gasteiger partial charge on any atom is 0.411 e. The fourth-order valence-electron chi connectivity index (χ4n) is 1.47. The van der Waals surface area contributed by atoms with Crippen molar-refractivity contribution in [2.24, 2.45) is 5.73 Å². The predicted molar refractivity (Wildman–Crippen MR) is 75.0 cm³/mol. The van der Waals surface area contributed by atoms with Crippen molar-refractivity contribution in [3.05, 3.63) is 29.8 Å². The Morgan fingerprint density at radius 1 is 1.32 bits per heavy atom. The van der Waals surface area contributed by atoms with Gasteiger partial charge in [0.1, 0.15) is 6.61 Å². The Morgan fingerprint density at radius 3 is 2.89 bits per heavy atom. The molecule has 106 valence electrons. The molecule has 1 aromatic rings. The Bertz CT molecular complexity index is 383. The van der Waals surface area contributed by atoms with Crippen molar-refractivity contribution < 1.29 is 14.3 Å². The lowest BCUT2D eigenvalue weighted by atomic mass is 10.2. The van der Waals surface area contributed by atoms with Gasteiger partial charge in [-0.05, 0) is 24.1 Å². The van der Waals surface area contributed by atoms with E-state index < -0.39 is 6.09 Å². The molecule has 0 aliphatic rings. The van der Waals surface area contributed by atoms with Gasteiger partial charge in [-0.1, -0.05) is 25.5 Å². The SMILES string of the molecule is CCCCOCCOC(=O)Nc1cccc(CN)c1. The van der Waals surface area contributed by atoms with Crippen molar-refractivity contribution >= 4 is 11.8 Å². The van der Waals surface area contributed by atoms with Crippen LogP contribution in [0.2, 0.25) is 0 Å². The zero-order valence-electron chi connectivity index (χ0n) is 11.4. The van der Waals surface area contributed by atoms with Crippen LogP contribution in [0.15, 0.2) is 24.3 Å². The lowest BCUT2D eigenvalue weighted by molar-refractivity contribution is 0.0768. The van der Waals surface area contributed by atoms with Crippen LogP contribution in [0.3, 0.4) is 0 Å². The van der Waals surface area contributed by atoms with Crippen LogP contribution in [0.5, 0.6) is 0 Å². The molecule has 5 nitrogen and oxygen atoms in total. The van der Waals surface area contributed by atoms with Crippen molar-refractivity contribution in [3.63, 3.8) is 0 Å². The minimum atomic E-state index is -0.478. The molecule has 1 rings (SSSR count). The van der Waals surface area contributed by atoms with E-state index in [1.54, 1.807) is 6.07 Å². The van der Waals surface area contributed by atoms with Crippen LogP contribution in [-0.2, 0) is 16.0 Å². The molecule has 0 unspecified atom stereocenters. The first kappa shape index (κ1) is 15.5. The summed E-state index contributed by atoms with van der Waals surface area (Å²) >= 11 is 0. The van der Waals surface area contributed by atoms with Gasteiger partial charge in [0.2, 0.25) is 0 Å². The number of amides is 1. The number of nitrogens with one attached hydrogen (secondary N) is 1. The third-order valence-corrected chi connectivity index (χ3v) is 2.51. The number of unbranched alkanes of at least 4 members (excludes halogenated alkanes) is 1. The normalized spacial score (nSPS) is 10.2. The predicted octanol–water partition coefficient (Wildman–Crippen LogP) is 2.51. The Hall–Kier alpha value is -1.59. The number of carbonyl (C=O) groups is 1. The van der Waals surface area contributed by atoms with Gasteiger partial charge in [0.25, 0.3) is 0 Å². The van der Waals surface area contributed by atoms with Crippen LogP contribution in [0.25, 0.3) is 0 Å². The fraction of sp³-hybridized carbons (Fsp3) is 0.500. The van der Waals surface area contributed by atoms with Gasteiger partial charge in [-0.15, -0.1) is 0 Å². The molecule has 0 atom stereocenters. The Labute approximate surface area is 114 Å². The molecular formula is C14H22N2O3. The molecule has 0 bridgehead atoms. The quantitative estimate of drug-likeness (QED) is 0.709. The van der Waals surface area contributed by atoms with E-state index in [9.17, 15) is 4.79 Å². The monoisotopic (exact) mass is 266 g/mol. The molecule has 19 heavy (non-hydrogen) atoms. The minimum Gasteiger partial charge on any atom is -0.447 e. The molecule has 0 aromatic heterocycles. The Balaban J connectivity index is 2.19. The third-order valence-electron chi connectivity index (χ3n) is 2.51. The molecule has 0 radical (unpaired) electrons. The second kappa shape index (κ2) is 9.35. The summed E-state index contributed by atoms with van der Waals surface area (Å²) in [7, 11) is 0. The highest BCUT2D eigenvalue weighted by molar-refractivity contribution is 5.84. The number of rotatable bonds is 8. The summed E-state index contributed by atoms with van der Waals surface area (Å²) in [5.41, 5.74) is 7.17. The fourth-order valence-corrected chi connectivity index (χ4v) is 1.47. The lowest BCUT2D eigenvalue weighted by Crippen LogP contribution is -2.17. The molecule has 5 heteroatoms. The largest absolute Gasteiger partial charge is 0.447 e. The van der Waals surface area contributed by atoms with Crippen molar-refractivity contribution in [3.8, 4) is 0 Å². The van der Waals surface area contributed by atoms with Gasteiger partial charge in [0.15, 0.2) is 0 Å². The zero-order valence-corrected chi connectivity index (χ0v) is 11.4. The van der Waals surface area contributed by atoms with E-state index in [2.05, 4.69) is 12.2 Å². The van der Waals surface area contributed by atoms with Gasteiger partial charge in [-0.25, -0.2) is 4.79 Å². The first-order chi connectivity index (χ1) is 9.26. The Kier molecular flexibility index (Phi) is 7.62. The second-order valence-corrected chi connectivity index (χ2v) is 4.13. The van der Waals surface area contributed by atoms with E-state index in [1.165, 1.54) is 0 Å². The summed E-state index contributed by atoms with van der Waals surface area (Å²) in [5, 5.41) is 2.65. The maximum atomic E-state index is 11.5. The van der Waals surface area contributed by atoms with Crippen molar-refractivity contribution in [1.29, 1.82) is 0 Å². The van der Waals surface area contributed by atoms with E-state index in [0.717, 1.165) is 18.4 Å². The van der Waals surface area contributed by atoms with Crippen molar-refractivity contribution in [1.82, 2.24) is 0 Å². The Morgan fingerprint density at radius 2 is 2.16 bits per heavy atom. The maximum absolute atomic E-state index is 11.5. The highest BCUT2D eigenvalue weighted by Crippen LogP contribution is 2.10. The summed E-state index contributed by atoms with van der Waals surface area (Å²) in [6.45, 7) is 3.93. The smallest absolute Gasteiger partial charge is 0.411 e. The van der Waals surface area contributed by atoms with Gasteiger partial charge in [0.05, 0.1) is 6.61 Å². The molecule has 0 fully saturated rings. The van der Waals surface area contributed by atoms with Crippen LogP contribution in [0.4, 0.5) is 10.5 Å². The second-order valence-electron chi connectivity index (χ2n) is 4.13. The first-order valence-electron chi connectivity index (χ1n) is 6.56. The van der Waals surface area contributed by atoms with E-state index >= 15 is 0 Å². The van der Waals surface area contributed by atoms with E-state index in [1.807, 2.05) is 18.2 Å². The van der Waals surface area contributed by atoms with Crippen LogP contribution in [0, 0.1) is 0 Å². The van der Waals surface area contributed by atoms with Gasteiger partial charge in [-0.2, -0.15) is 0 Å². The van der Waals surface area contributed by atoms with Crippen LogP contribution in [0.1, 0.15) is 25.3 Å². The van der Waals surface area contributed by atoms with Gasteiger partial charge in [0, 0.05) is 18.8 Å². The van der Waals surface area contributed by atoms with Crippen LogP contribution in [-0.4, -0.2) is 25.9 Å². The van der Waals surface area contributed by atoms with Gasteiger partial charge < -0.3 is 15.2 Å². The topological polar surface area (TPSA) is 73.6 Å².